The minimum atomic E-state index is -0.716. The molecule has 2 aromatic carbocycles. The van der Waals surface area contributed by atoms with Gasteiger partial charge in [-0.25, -0.2) is 4.90 Å². The molecule has 2 aromatic rings. The van der Waals surface area contributed by atoms with Crippen LogP contribution < -0.4 is 4.90 Å². The molecular weight excluding hydrogens is 376 g/mol. The highest BCUT2D eigenvalue weighted by molar-refractivity contribution is 9.10. The van der Waals surface area contributed by atoms with Gasteiger partial charge in [-0.15, -0.1) is 0 Å². The largest absolute Gasteiger partial charge is 0.313 e. The van der Waals surface area contributed by atoms with Gasteiger partial charge < -0.3 is 0 Å². The number of carbonyl (C=O) groups excluding carboxylic acids is 2. The predicted octanol–water partition coefficient (Wildman–Crippen LogP) is 3.81. The molecule has 110 valence electrons. The van der Waals surface area contributed by atoms with E-state index in [4.69, 9.17) is 11.6 Å². The number of imide groups is 1. The summed E-state index contributed by atoms with van der Waals surface area (Å²) in [5.74, 6) is -1.24. The summed E-state index contributed by atoms with van der Waals surface area (Å²) in [6.45, 7) is 0. The van der Waals surface area contributed by atoms with Crippen LogP contribution in [-0.4, -0.2) is 16.7 Å². The third-order valence-electron chi connectivity index (χ3n) is 3.25. The van der Waals surface area contributed by atoms with Gasteiger partial charge in [0.25, 0.3) is 11.8 Å². The molecule has 1 aliphatic rings. The number of amides is 2. The summed E-state index contributed by atoms with van der Waals surface area (Å²) in [5.41, 5.74) is -0.253. The molecule has 0 saturated carbocycles. The third kappa shape index (κ3) is 2.01. The molecule has 0 unspecified atom stereocenters. The zero-order chi connectivity index (χ0) is 16.0. The van der Waals surface area contributed by atoms with Crippen LogP contribution in [0.4, 0.5) is 11.4 Å². The van der Waals surface area contributed by atoms with Crippen molar-refractivity contribution in [3.63, 3.8) is 0 Å². The summed E-state index contributed by atoms with van der Waals surface area (Å²) in [4.78, 5) is 36.3. The maximum Gasteiger partial charge on any atom is 0.313 e. The zero-order valence-electron chi connectivity index (χ0n) is 10.7. The lowest BCUT2D eigenvalue weighted by molar-refractivity contribution is -0.383. The van der Waals surface area contributed by atoms with Crippen LogP contribution in [0.15, 0.2) is 40.9 Å². The average Bonchev–Trinajstić information content (AvgIpc) is 2.73. The Morgan fingerprint density at radius 3 is 2.09 bits per heavy atom. The topological polar surface area (TPSA) is 80.5 Å². The Hall–Kier alpha value is -2.25. The molecule has 0 bridgehead atoms. The summed E-state index contributed by atoms with van der Waals surface area (Å²) < 4.78 is 0.234. The van der Waals surface area contributed by atoms with E-state index in [1.807, 2.05) is 0 Å². The van der Waals surface area contributed by atoms with Crippen molar-refractivity contribution in [1.82, 2.24) is 0 Å². The Kier molecular flexibility index (Phi) is 3.46. The number of benzene rings is 2. The second-order valence-electron chi connectivity index (χ2n) is 4.47. The van der Waals surface area contributed by atoms with Gasteiger partial charge in [-0.2, -0.15) is 0 Å². The van der Waals surface area contributed by atoms with E-state index >= 15 is 0 Å². The van der Waals surface area contributed by atoms with E-state index in [-0.39, 0.29) is 26.3 Å². The van der Waals surface area contributed by atoms with Crippen LogP contribution in [0, 0.1) is 10.1 Å². The highest BCUT2D eigenvalue weighted by atomic mass is 79.9. The number of anilines is 1. The van der Waals surface area contributed by atoms with Gasteiger partial charge in [-0.05, 0) is 40.2 Å². The van der Waals surface area contributed by atoms with Crippen LogP contribution in [-0.2, 0) is 0 Å². The van der Waals surface area contributed by atoms with Gasteiger partial charge in [-0.1, -0.05) is 23.7 Å². The van der Waals surface area contributed by atoms with Crippen LogP contribution in [0.2, 0.25) is 5.02 Å². The number of nitro groups is 1. The van der Waals surface area contributed by atoms with Gasteiger partial charge >= 0.3 is 5.69 Å². The van der Waals surface area contributed by atoms with Crippen molar-refractivity contribution in [2.75, 3.05) is 4.90 Å². The Morgan fingerprint density at radius 2 is 1.59 bits per heavy atom. The number of halogens is 2. The lowest BCUT2D eigenvalue weighted by atomic mass is 10.1. The Labute approximate surface area is 137 Å². The number of hydrogen-bond donors (Lipinski definition) is 0. The standard InChI is InChI=1S/C14H6BrClN2O4/c15-9-5-6-10(16)12(18(21)22)11(9)17-13(19)7-3-1-2-4-8(7)14(17)20/h1-6H. The highest BCUT2D eigenvalue weighted by Crippen LogP contribution is 2.43. The minimum Gasteiger partial charge on any atom is -0.268 e. The lowest BCUT2D eigenvalue weighted by Crippen LogP contribution is -2.30. The second-order valence-corrected chi connectivity index (χ2v) is 5.74. The SMILES string of the molecule is O=C1c2ccccc2C(=O)N1c1c(Br)ccc(Cl)c1[N+](=O)[O-]. The molecule has 1 heterocycles. The molecule has 0 fully saturated rings. The van der Waals surface area contributed by atoms with Gasteiger partial charge in [0.2, 0.25) is 0 Å². The number of hydrogen-bond acceptors (Lipinski definition) is 4. The predicted molar refractivity (Wildman–Crippen MR) is 83.4 cm³/mol. The maximum absolute atomic E-state index is 12.5. The Bertz CT molecular complexity index is 818. The number of nitro benzene ring substituents is 1. The Morgan fingerprint density at radius 1 is 1.05 bits per heavy atom. The van der Waals surface area contributed by atoms with Crippen molar-refractivity contribution in [3.8, 4) is 0 Å². The molecule has 22 heavy (non-hydrogen) atoms. The van der Waals surface area contributed by atoms with E-state index in [0.717, 1.165) is 4.90 Å². The molecule has 0 aromatic heterocycles. The van der Waals surface area contributed by atoms with Crippen molar-refractivity contribution in [2.45, 2.75) is 0 Å². The second kappa shape index (κ2) is 5.19. The molecule has 8 heteroatoms. The monoisotopic (exact) mass is 380 g/mol. The average molecular weight is 382 g/mol. The summed E-state index contributed by atoms with van der Waals surface area (Å²) in [6.07, 6.45) is 0. The van der Waals surface area contributed by atoms with E-state index in [1.54, 1.807) is 12.1 Å². The molecule has 0 spiro atoms. The van der Waals surface area contributed by atoms with Crippen molar-refractivity contribution >= 4 is 50.7 Å². The normalized spacial score (nSPS) is 13.5. The van der Waals surface area contributed by atoms with Crippen LogP contribution >= 0.6 is 27.5 Å². The summed E-state index contributed by atoms with van der Waals surface area (Å²) in [6, 6.07) is 9.02. The quantitative estimate of drug-likeness (QED) is 0.450. The first-order chi connectivity index (χ1) is 10.4. The zero-order valence-corrected chi connectivity index (χ0v) is 13.1. The van der Waals surface area contributed by atoms with Crippen LogP contribution in [0.1, 0.15) is 20.7 Å². The molecule has 3 rings (SSSR count). The molecular formula is C14H6BrClN2O4. The van der Waals surface area contributed by atoms with Crippen molar-refractivity contribution in [3.05, 3.63) is 67.1 Å². The molecule has 0 saturated heterocycles. The van der Waals surface area contributed by atoms with Gasteiger partial charge in [0.1, 0.15) is 10.7 Å². The van der Waals surface area contributed by atoms with Crippen LogP contribution in [0.3, 0.4) is 0 Å². The van der Waals surface area contributed by atoms with E-state index in [2.05, 4.69) is 15.9 Å². The number of rotatable bonds is 2. The smallest absolute Gasteiger partial charge is 0.268 e. The van der Waals surface area contributed by atoms with E-state index in [0.29, 0.717) is 0 Å². The van der Waals surface area contributed by atoms with Crippen LogP contribution in [0.25, 0.3) is 0 Å². The van der Waals surface area contributed by atoms with Crippen molar-refractivity contribution in [1.29, 1.82) is 0 Å². The molecule has 0 aliphatic carbocycles. The first-order valence-electron chi connectivity index (χ1n) is 6.03. The fourth-order valence-corrected chi connectivity index (χ4v) is 3.03. The van der Waals surface area contributed by atoms with Gasteiger partial charge in [-0.3, -0.25) is 19.7 Å². The fourth-order valence-electron chi connectivity index (χ4n) is 2.31. The fraction of sp³-hybridized carbons (Fsp3) is 0. The molecule has 0 radical (unpaired) electrons. The van der Waals surface area contributed by atoms with E-state index in [1.165, 1.54) is 24.3 Å². The van der Waals surface area contributed by atoms with Crippen molar-refractivity contribution in [2.24, 2.45) is 0 Å². The van der Waals surface area contributed by atoms with Crippen LogP contribution in [0.5, 0.6) is 0 Å². The summed E-state index contributed by atoms with van der Waals surface area (Å²) in [5, 5.41) is 11.1. The maximum atomic E-state index is 12.5. The van der Waals surface area contributed by atoms with E-state index in [9.17, 15) is 19.7 Å². The molecule has 6 nitrogen and oxygen atoms in total. The van der Waals surface area contributed by atoms with Crippen molar-refractivity contribution < 1.29 is 14.5 Å². The van der Waals surface area contributed by atoms with Gasteiger partial charge in [0.15, 0.2) is 0 Å². The summed E-state index contributed by atoms with van der Waals surface area (Å²) in [7, 11) is 0. The first kappa shape index (κ1) is 14.7. The first-order valence-corrected chi connectivity index (χ1v) is 7.20. The minimum absolute atomic E-state index is 0.153. The van der Waals surface area contributed by atoms with E-state index < -0.39 is 22.4 Å². The number of nitrogens with zero attached hydrogens (tertiary/aromatic N) is 2. The number of fused-ring (bicyclic) bond motifs is 1. The lowest BCUT2D eigenvalue weighted by Gasteiger charge is -2.16. The number of carbonyl (C=O) groups is 2. The summed E-state index contributed by atoms with van der Waals surface area (Å²) >= 11 is 9.02. The van der Waals surface area contributed by atoms with Gasteiger partial charge in [0, 0.05) is 4.47 Å². The molecule has 0 N–H and O–H groups in total. The third-order valence-corrected chi connectivity index (χ3v) is 4.20. The highest BCUT2D eigenvalue weighted by Gasteiger charge is 2.41. The van der Waals surface area contributed by atoms with Gasteiger partial charge in [0.05, 0.1) is 16.1 Å². The molecule has 2 amide bonds. The Balaban J connectivity index is 2.27. The molecule has 0 atom stereocenters. The molecule has 1 aliphatic heterocycles.